The molecule has 0 aliphatic carbocycles. The fourth-order valence-corrected chi connectivity index (χ4v) is 4.08. The van der Waals surface area contributed by atoms with E-state index in [0.29, 0.717) is 23.0 Å². The Bertz CT molecular complexity index is 1070. The lowest BCUT2D eigenvalue weighted by molar-refractivity contribution is -0.112. The van der Waals surface area contributed by atoms with E-state index in [9.17, 15) is 9.90 Å². The summed E-state index contributed by atoms with van der Waals surface area (Å²) in [6, 6.07) is 11.4. The van der Waals surface area contributed by atoms with E-state index in [4.69, 9.17) is 0 Å². The number of nitrogens with one attached hydrogen (secondary N) is 1. The van der Waals surface area contributed by atoms with Gasteiger partial charge in [0.1, 0.15) is 5.75 Å². The minimum Gasteiger partial charge on any atom is -0.505 e. The molecule has 2 aliphatic heterocycles. The van der Waals surface area contributed by atoms with Crippen molar-refractivity contribution in [3.8, 4) is 5.75 Å². The largest absolute Gasteiger partial charge is 0.505 e. The molecule has 4 rings (SSSR count). The van der Waals surface area contributed by atoms with Crippen molar-refractivity contribution < 1.29 is 9.90 Å². The van der Waals surface area contributed by atoms with Crippen molar-refractivity contribution in [2.24, 2.45) is 10.2 Å². The number of amides is 1. The number of nitrogens with zero attached hydrogens (tertiary/aromatic N) is 4. The van der Waals surface area contributed by atoms with Gasteiger partial charge in [-0.2, -0.15) is 15.2 Å². The Morgan fingerprint density at radius 2 is 1.84 bits per heavy atom. The number of phenols is 1. The number of hydrogen-bond donors (Lipinski definition) is 2. The number of para-hydroxylation sites is 1. The number of hydrazone groups is 2. The molecule has 2 aliphatic rings. The zero-order chi connectivity index (χ0) is 22.1. The molecule has 2 heterocycles. The van der Waals surface area contributed by atoms with Crippen LogP contribution in [0.4, 0.5) is 11.4 Å². The summed E-state index contributed by atoms with van der Waals surface area (Å²) in [5.74, 6) is 0.231. The molecule has 31 heavy (non-hydrogen) atoms. The normalized spacial score (nSPS) is 19.2. The molecule has 2 N–H and O–H groups in total. The second-order valence-corrected chi connectivity index (χ2v) is 8.46. The number of rotatable bonds is 4. The van der Waals surface area contributed by atoms with Crippen LogP contribution in [0.1, 0.15) is 42.4 Å². The van der Waals surface area contributed by atoms with Crippen LogP contribution < -0.4 is 10.4 Å². The molecular formula is C24H29N5O2. The summed E-state index contributed by atoms with van der Waals surface area (Å²) in [7, 11) is 2.12. The molecule has 2 aromatic carbocycles. The third-order valence-electron chi connectivity index (χ3n) is 6.24. The van der Waals surface area contributed by atoms with Gasteiger partial charge in [0.2, 0.25) is 0 Å². The average Bonchev–Trinajstić information content (AvgIpc) is 3.04. The summed E-state index contributed by atoms with van der Waals surface area (Å²) < 4.78 is 0. The van der Waals surface area contributed by atoms with Crippen molar-refractivity contribution in [1.29, 1.82) is 0 Å². The highest BCUT2D eigenvalue weighted by Gasteiger charge is 2.31. The Morgan fingerprint density at radius 1 is 1.10 bits per heavy atom. The van der Waals surface area contributed by atoms with Crippen LogP contribution in [0.5, 0.6) is 5.75 Å². The summed E-state index contributed by atoms with van der Waals surface area (Å²) in [6.45, 7) is 7.83. The van der Waals surface area contributed by atoms with E-state index >= 15 is 0 Å². The molecule has 0 aromatic heterocycles. The minimum absolute atomic E-state index is 0.201. The number of hydrogen-bond acceptors (Lipinski definition) is 6. The van der Waals surface area contributed by atoms with Crippen LogP contribution in [0.2, 0.25) is 0 Å². The van der Waals surface area contributed by atoms with Gasteiger partial charge in [0.05, 0.1) is 17.1 Å². The van der Waals surface area contributed by atoms with Gasteiger partial charge in [0, 0.05) is 0 Å². The molecule has 0 atom stereocenters. The van der Waals surface area contributed by atoms with Gasteiger partial charge in [-0.25, -0.2) is 0 Å². The topological polar surface area (TPSA) is 80.5 Å². The van der Waals surface area contributed by atoms with E-state index in [0.717, 1.165) is 42.6 Å². The first-order valence-corrected chi connectivity index (χ1v) is 10.7. The Labute approximate surface area is 183 Å². The van der Waals surface area contributed by atoms with Crippen LogP contribution in [0, 0.1) is 13.8 Å². The number of phenolic OH excluding ortho intramolecular Hbond substituents is 1. The van der Waals surface area contributed by atoms with Crippen molar-refractivity contribution >= 4 is 28.7 Å². The number of likely N-dealkylation sites (tertiary alicyclic amines) is 1. The van der Waals surface area contributed by atoms with E-state index in [1.54, 1.807) is 13.0 Å². The molecular weight excluding hydrogens is 390 g/mol. The molecule has 0 bridgehead atoms. The highest BCUT2D eigenvalue weighted by Crippen LogP contribution is 2.37. The van der Waals surface area contributed by atoms with Crippen LogP contribution >= 0.6 is 0 Å². The molecule has 162 valence electrons. The van der Waals surface area contributed by atoms with Crippen LogP contribution in [-0.2, 0) is 4.79 Å². The molecule has 1 saturated heterocycles. The molecule has 7 nitrogen and oxygen atoms in total. The second-order valence-electron chi connectivity index (χ2n) is 8.46. The first-order valence-electron chi connectivity index (χ1n) is 10.7. The van der Waals surface area contributed by atoms with Crippen LogP contribution in [0.25, 0.3) is 0 Å². The number of piperidine rings is 1. The number of carbonyl (C=O) groups excluding carboxylic acids is 1. The molecule has 0 radical (unpaired) electrons. The van der Waals surface area contributed by atoms with Crippen molar-refractivity contribution in [1.82, 2.24) is 4.90 Å². The minimum atomic E-state index is -0.292. The number of aromatic hydroxyl groups is 1. The molecule has 1 amide bonds. The Kier molecular flexibility index (Phi) is 5.78. The highest BCUT2D eigenvalue weighted by atomic mass is 16.3. The molecule has 0 unspecified atom stereocenters. The van der Waals surface area contributed by atoms with Gasteiger partial charge in [-0.05, 0) is 94.6 Å². The SMILES string of the molecule is CC1=NN(c2ccc(C)c(C)c2)C(=O)C1=NNc1cccc(C2CCN(C)CC2)c1O. The molecule has 0 spiro atoms. The number of carbonyl (C=O) groups is 1. The summed E-state index contributed by atoms with van der Waals surface area (Å²) in [5.41, 5.74) is 8.05. The van der Waals surface area contributed by atoms with Crippen molar-refractivity contribution in [3.63, 3.8) is 0 Å². The van der Waals surface area contributed by atoms with Crippen molar-refractivity contribution in [3.05, 3.63) is 53.1 Å². The van der Waals surface area contributed by atoms with E-state index < -0.39 is 0 Å². The van der Waals surface area contributed by atoms with Gasteiger partial charge in [0.15, 0.2) is 5.71 Å². The predicted molar refractivity (Wildman–Crippen MR) is 125 cm³/mol. The lowest BCUT2D eigenvalue weighted by atomic mass is 9.88. The van der Waals surface area contributed by atoms with Gasteiger partial charge in [-0.15, -0.1) is 0 Å². The van der Waals surface area contributed by atoms with E-state index in [-0.39, 0.29) is 17.4 Å². The Hall–Kier alpha value is -3.19. The van der Waals surface area contributed by atoms with Gasteiger partial charge >= 0.3 is 5.91 Å². The zero-order valence-electron chi connectivity index (χ0n) is 18.5. The Balaban J connectivity index is 1.53. The quantitative estimate of drug-likeness (QED) is 0.580. The fourth-order valence-electron chi connectivity index (χ4n) is 4.08. The second kappa shape index (κ2) is 8.51. The fraction of sp³-hybridized carbons (Fsp3) is 0.375. The standard InChI is InChI=1S/C24H29N5O2/c1-15-8-9-19(14-16(15)2)29-24(31)22(17(3)27-29)26-25-21-7-5-6-20(23(21)30)18-10-12-28(4)13-11-18/h5-9,14,18,25,30H,10-13H2,1-4H3. The van der Waals surface area contributed by atoms with Crippen molar-refractivity contribution in [2.75, 3.05) is 30.6 Å². The molecule has 1 fully saturated rings. The predicted octanol–water partition coefficient (Wildman–Crippen LogP) is 4.01. The van der Waals surface area contributed by atoms with E-state index in [1.165, 1.54) is 5.01 Å². The number of aryl methyl sites for hydroxylation is 2. The Morgan fingerprint density at radius 3 is 2.55 bits per heavy atom. The number of benzene rings is 2. The summed E-state index contributed by atoms with van der Waals surface area (Å²) in [6.07, 6.45) is 2.02. The maximum absolute atomic E-state index is 12.9. The van der Waals surface area contributed by atoms with Crippen molar-refractivity contribution in [2.45, 2.75) is 39.5 Å². The first kappa shape index (κ1) is 21.1. The van der Waals surface area contributed by atoms with Gasteiger partial charge in [-0.1, -0.05) is 18.2 Å². The smallest absolute Gasteiger partial charge is 0.301 e. The third kappa shape index (κ3) is 4.18. The molecule has 7 heteroatoms. The van der Waals surface area contributed by atoms with E-state index in [2.05, 4.69) is 27.6 Å². The zero-order valence-corrected chi connectivity index (χ0v) is 18.5. The number of anilines is 2. The van der Waals surface area contributed by atoms with Crippen LogP contribution in [0.15, 0.2) is 46.6 Å². The maximum atomic E-state index is 12.9. The van der Waals surface area contributed by atoms with Gasteiger partial charge in [-0.3, -0.25) is 10.2 Å². The average molecular weight is 420 g/mol. The lowest BCUT2D eigenvalue weighted by Gasteiger charge is -2.29. The monoisotopic (exact) mass is 419 g/mol. The summed E-state index contributed by atoms with van der Waals surface area (Å²) in [5, 5.41) is 20.9. The lowest BCUT2D eigenvalue weighted by Crippen LogP contribution is -2.29. The molecule has 0 saturated carbocycles. The summed E-state index contributed by atoms with van der Waals surface area (Å²) in [4.78, 5) is 15.2. The third-order valence-corrected chi connectivity index (χ3v) is 6.24. The van der Waals surface area contributed by atoms with Gasteiger partial charge < -0.3 is 10.0 Å². The van der Waals surface area contributed by atoms with Gasteiger partial charge in [0.25, 0.3) is 0 Å². The molecule has 2 aromatic rings. The first-order chi connectivity index (χ1) is 14.8. The highest BCUT2D eigenvalue weighted by molar-refractivity contribution is 6.71. The summed E-state index contributed by atoms with van der Waals surface area (Å²) >= 11 is 0. The van der Waals surface area contributed by atoms with Crippen LogP contribution in [0.3, 0.4) is 0 Å². The van der Waals surface area contributed by atoms with Crippen LogP contribution in [-0.4, -0.2) is 47.5 Å². The maximum Gasteiger partial charge on any atom is 0.301 e. The van der Waals surface area contributed by atoms with E-state index in [1.807, 2.05) is 44.2 Å².